The number of aromatic nitrogens is 1. The van der Waals surface area contributed by atoms with E-state index in [1.807, 2.05) is 32.3 Å². The van der Waals surface area contributed by atoms with Crippen molar-refractivity contribution in [3.05, 3.63) is 64.5 Å². The van der Waals surface area contributed by atoms with E-state index in [4.69, 9.17) is 4.74 Å². The van der Waals surface area contributed by atoms with Crippen LogP contribution in [-0.2, 0) is 0 Å². The van der Waals surface area contributed by atoms with Crippen LogP contribution >= 0.6 is 0 Å². The Morgan fingerprint density at radius 2 is 2.00 bits per heavy atom. The van der Waals surface area contributed by atoms with E-state index in [1.165, 1.54) is 6.20 Å². The summed E-state index contributed by atoms with van der Waals surface area (Å²) in [5.41, 5.74) is 0.378. The van der Waals surface area contributed by atoms with Gasteiger partial charge in [0.1, 0.15) is 11.9 Å². The summed E-state index contributed by atoms with van der Waals surface area (Å²) in [6, 6.07) is 10.7. The van der Waals surface area contributed by atoms with Crippen molar-refractivity contribution in [2.45, 2.75) is 0 Å². The summed E-state index contributed by atoms with van der Waals surface area (Å²) in [6.45, 7) is 0. The lowest BCUT2D eigenvalue weighted by Crippen LogP contribution is -2.01. The maximum Gasteiger partial charge on any atom is 0.295 e. The Hall–Kier alpha value is -2.89. The summed E-state index contributed by atoms with van der Waals surface area (Å²) in [6.07, 6.45) is 4.58. The third-order valence-electron chi connectivity index (χ3n) is 2.60. The second-order valence-corrected chi connectivity index (χ2v) is 4.53. The SMILES string of the molecule is CN(C)C=Cc1cc(Oc2ccccc2)ncc1[N+](=O)[O-]. The molecule has 1 aromatic carbocycles. The van der Waals surface area contributed by atoms with Gasteiger partial charge in [0.15, 0.2) is 0 Å². The molecule has 0 bridgehead atoms. The zero-order valence-corrected chi connectivity index (χ0v) is 11.8. The van der Waals surface area contributed by atoms with Gasteiger partial charge in [0.2, 0.25) is 5.88 Å². The van der Waals surface area contributed by atoms with Gasteiger partial charge in [-0.3, -0.25) is 10.1 Å². The third kappa shape index (κ3) is 4.04. The molecule has 0 saturated heterocycles. The summed E-state index contributed by atoms with van der Waals surface area (Å²) in [4.78, 5) is 16.3. The van der Waals surface area contributed by atoms with E-state index in [0.29, 0.717) is 17.2 Å². The second-order valence-electron chi connectivity index (χ2n) is 4.53. The van der Waals surface area contributed by atoms with E-state index in [-0.39, 0.29) is 5.69 Å². The minimum Gasteiger partial charge on any atom is -0.439 e. The number of rotatable bonds is 5. The minimum atomic E-state index is -0.464. The van der Waals surface area contributed by atoms with Crippen molar-refractivity contribution in [3.63, 3.8) is 0 Å². The Morgan fingerprint density at radius 1 is 1.29 bits per heavy atom. The first-order valence-corrected chi connectivity index (χ1v) is 6.28. The predicted molar refractivity (Wildman–Crippen MR) is 80.1 cm³/mol. The topological polar surface area (TPSA) is 68.5 Å². The zero-order valence-electron chi connectivity index (χ0n) is 11.8. The smallest absolute Gasteiger partial charge is 0.295 e. The number of nitro groups is 1. The van der Waals surface area contributed by atoms with E-state index in [1.54, 1.807) is 35.4 Å². The van der Waals surface area contributed by atoms with Crippen LogP contribution in [0.25, 0.3) is 6.08 Å². The van der Waals surface area contributed by atoms with Crippen LogP contribution < -0.4 is 4.74 Å². The van der Waals surface area contributed by atoms with Crippen LogP contribution in [0, 0.1) is 10.1 Å². The quantitative estimate of drug-likeness (QED) is 0.622. The molecule has 0 spiro atoms. The highest BCUT2D eigenvalue weighted by molar-refractivity contribution is 5.61. The van der Waals surface area contributed by atoms with Crippen molar-refractivity contribution >= 4 is 11.8 Å². The van der Waals surface area contributed by atoms with E-state index in [2.05, 4.69) is 4.98 Å². The van der Waals surface area contributed by atoms with Crippen LogP contribution in [0.3, 0.4) is 0 Å². The molecule has 0 N–H and O–H groups in total. The predicted octanol–water partition coefficient (Wildman–Crippen LogP) is 3.31. The standard InChI is InChI=1S/C15H15N3O3/c1-17(2)9-8-12-10-15(16-11-14(12)18(19)20)21-13-6-4-3-5-7-13/h3-11H,1-2H3. The molecular formula is C15H15N3O3. The van der Waals surface area contributed by atoms with Gasteiger partial charge in [-0.05, 0) is 24.4 Å². The highest BCUT2D eigenvalue weighted by Gasteiger charge is 2.14. The fourth-order valence-corrected chi connectivity index (χ4v) is 1.62. The molecule has 1 aromatic heterocycles. The molecule has 1 heterocycles. The third-order valence-corrected chi connectivity index (χ3v) is 2.60. The van der Waals surface area contributed by atoms with Gasteiger partial charge in [-0.25, -0.2) is 4.98 Å². The molecule has 0 unspecified atom stereocenters. The summed E-state index contributed by atoms with van der Waals surface area (Å²) in [5, 5.41) is 11.0. The Labute approximate surface area is 122 Å². The first kappa shape index (κ1) is 14.5. The van der Waals surface area contributed by atoms with Crippen molar-refractivity contribution in [1.29, 1.82) is 0 Å². The van der Waals surface area contributed by atoms with Crippen molar-refractivity contribution in [1.82, 2.24) is 9.88 Å². The lowest BCUT2D eigenvalue weighted by molar-refractivity contribution is -0.385. The lowest BCUT2D eigenvalue weighted by Gasteiger charge is -2.07. The van der Waals surface area contributed by atoms with Crippen LogP contribution in [0.2, 0.25) is 0 Å². The van der Waals surface area contributed by atoms with Crippen LogP contribution in [0.4, 0.5) is 5.69 Å². The number of nitrogens with zero attached hydrogens (tertiary/aromatic N) is 3. The fourth-order valence-electron chi connectivity index (χ4n) is 1.62. The van der Waals surface area contributed by atoms with Crippen molar-refractivity contribution in [2.24, 2.45) is 0 Å². The molecule has 2 rings (SSSR count). The number of pyridine rings is 1. The fraction of sp³-hybridized carbons (Fsp3) is 0.133. The van der Waals surface area contributed by atoms with Crippen LogP contribution in [-0.4, -0.2) is 28.9 Å². The van der Waals surface area contributed by atoms with Crippen LogP contribution in [0.5, 0.6) is 11.6 Å². The van der Waals surface area contributed by atoms with E-state index in [0.717, 1.165) is 0 Å². The van der Waals surface area contributed by atoms with Gasteiger partial charge in [-0.15, -0.1) is 0 Å². The Morgan fingerprint density at radius 3 is 2.62 bits per heavy atom. The van der Waals surface area contributed by atoms with Crippen molar-refractivity contribution in [3.8, 4) is 11.6 Å². The highest BCUT2D eigenvalue weighted by atomic mass is 16.6. The maximum atomic E-state index is 11.0. The molecule has 0 fully saturated rings. The molecule has 0 aliphatic rings. The van der Waals surface area contributed by atoms with Crippen molar-refractivity contribution < 1.29 is 9.66 Å². The Kier molecular flexibility index (Phi) is 4.50. The molecule has 2 aromatic rings. The van der Waals surface area contributed by atoms with Gasteiger partial charge in [0.05, 0.1) is 10.5 Å². The molecular weight excluding hydrogens is 270 g/mol. The number of hydrogen-bond donors (Lipinski definition) is 0. The van der Waals surface area contributed by atoms with Gasteiger partial charge in [0, 0.05) is 20.2 Å². The van der Waals surface area contributed by atoms with Gasteiger partial charge >= 0.3 is 0 Å². The lowest BCUT2D eigenvalue weighted by atomic mass is 10.2. The molecule has 21 heavy (non-hydrogen) atoms. The zero-order chi connectivity index (χ0) is 15.2. The normalized spacial score (nSPS) is 10.6. The van der Waals surface area contributed by atoms with Gasteiger partial charge in [0.25, 0.3) is 5.69 Å². The summed E-state index contributed by atoms with van der Waals surface area (Å²) in [5.74, 6) is 0.937. The molecule has 0 aliphatic carbocycles. The molecule has 0 amide bonds. The van der Waals surface area contributed by atoms with E-state index in [9.17, 15) is 10.1 Å². The summed E-state index contributed by atoms with van der Waals surface area (Å²) >= 11 is 0. The number of benzene rings is 1. The number of ether oxygens (including phenoxy) is 1. The molecule has 6 nitrogen and oxygen atoms in total. The average molecular weight is 285 g/mol. The molecule has 0 atom stereocenters. The van der Waals surface area contributed by atoms with E-state index < -0.39 is 4.92 Å². The Balaban J connectivity index is 2.32. The molecule has 108 valence electrons. The average Bonchev–Trinajstić information content (AvgIpc) is 2.46. The molecule has 0 saturated carbocycles. The Bertz CT molecular complexity index is 654. The summed E-state index contributed by atoms with van der Waals surface area (Å²) in [7, 11) is 3.68. The van der Waals surface area contributed by atoms with Crippen LogP contribution in [0.1, 0.15) is 5.56 Å². The van der Waals surface area contributed by atoms with Gasteiger partial charge < -0.3 is 9.64 Å². The van der Waals surface area contributed by atoms with Crippen molar-refractivity contribution in [2.75, 3.05) is 14.1 Å². The monoisotopic (exact) mass is 285 g/mol. The van der Waals surface area contributed by atoms with E-state index >= 15 is 0 Å². The largest absolute Gasteiger partial charge is 0.439 e. The van der Waals surface area contributed by atoms with Crippen LogP contribution in [0.15, 0.2) is 48.8 Å². The van der Waals surface area contributed by atoms with Gasteiger partial charge in [-0.2, -0.15) is 0 Å². The number of para-hydroxylation sites is 1. The first-order chi connectivity index (χ1) is 10.1. The molecule has 0 aliphatic heterocycles. The molecule has 0 radical (unpaired) electrons. The highest BCUT2D eigenvalue weighted by Crippen LogP contribution is 2.26. The number of hydrogen-bond acceptors (Lipinski definition) is 5. The first-order valence-electron chi connectivity index (χ1n) is 6.28. The maximum absolute atomic E-state index is 11.0. The second kappa shape index (κ2) is 6.51. The summed E-state index contributed by atoms with van der Waals surface area (Å²) < 4.78 is 5.58. The van der Waals surface area contributed by atoms with Gasteiger partial charge in [-0.1, -0.05) is 18.2 Å². The minimum absolute atomic E-state index is 0.0616. The molecule has 6 heteroatoms.